The summed E-state index contributed by atoms with van der Waals surface area (Å²) < 4.78 is 11.2. The van der Waals surface area contributed by atoms with Crippen molar-refractivity contribution in [3.8, 4) is 34.0 Å². The van der Waals surface area contributed by atoms with Crippen molar-refractivity contribution >= 4 is 29.0 Å². The van der Waals surface area contributed by atoms with Gasteiger partial charge in [-0.25, -0.2) is 9.97 Å². The van der Waals surface area contributed by atoms with Crippen LogP contribution < -0.4 is 9.47 Å². The zero-order valence-corrected chi connectivity index (χ0v) is 27.4. The Kier molecular flexibility index (Phi) is 11.0. The number of aliphatic hydroxyl groups excluding tert-OH is 1. The van der Waals surface area contributed by atoms with Crippen molar-refractivity contribution in [2.75, 3.05) is 33.9 Å². The van der Waals surface area contributed by atoms with E-state index in [-0.39, 0.29) is 18.8 Å². The van der Waals surface area contributed by atoms with Crippen LogP contribution >= 0.6 is 23.2 Å². The van der Waals surface area contributed by atoms with E-state index < -0.39 is 0 Å². The molecular formula is C35H38Cl2N4O4. The molecule has 0 atom stereocenters. The summed E-state index contributed by atoms with van der Waals surface area (Å²) in [6.45, 7) is 4.94. The van der Waals surface area contributed by atoms with E-state index in [2.05, 4.69) is 21.8 Å². The lowest BCUT2D eigenvalue weighted by atomic mass is 9.97. The van der Waals surface area contributed by atoms with Crippen LogP contribution in [-0.2, 0) is 25.8 Å². The molecule has 0 saturated heterocycles. The van der Waals surface area contributed by atoms with Gasteiger partial charge < -0.3 is 14.6 Å². The standard InChI is InChI=1S/C35H38Cl2N4O4/c1-4-15-41-16-14-25-30(21-41)39-28(19-32(25)44-2)31(43)18-22-9-7-10-23(33(22)36)24-11-8-12-26(34(24)37)29-20-38-27(13-5-6-17-42)35(40-29)45-3/h7-12,19-20,42H,4-6,13-18,21H2,1-3H3. The minimum absolute atomic E-state index is 0.0814. The second kappa shape index (κ2) is 15.1. The van der Waals surface area contributed by atoms with E-state index in [0.717, 1.165) is 49.3 Å². The van der Waals surface area contributed by atoms with Crippen LogP contribution in [-0.4, -0.2) is 64.7 Å². The summed E-state index contributed by atoms with van der Waals surface area (Å²) in [4.78, 5) is 30.0. The van der Waals surface area contributed by atoms with Gasteiger partial charge in [0, 0.05) is 54.4 Å². The Balaban J connectivity index is 1.42. The number of Topliss-reactive ketones (excluding diaryl/α,β-unsaturated/α-hetero) is 1. The van der Waals surface area contributed by atoms with Crippen molar-refractivity contribution in [3.63, 3.8) is 0 Å². The molecule has 0 unspecified atom stereocenters. The molecular weight excluding hydrogens is 611 g/mol. The molecule has 0 radical (unpaired) electrons. The second-order valence-electron chi connectivity index (χ2n) is 11.1. The molecule has 10 heteroatoms. The van der Waals surface area contributed by atoms with Crippen LogP contribution in [0.2, 0.25) is 10.0 Å². The molecule has 0 aliphatic carbocycles. The van der Waals surface area contributed by atoms with Crippen LogP contribution in [0.5, 0.6) is 11.6 Å². The lowest BCUT2D eigenvalue weighted by molar-refractivity contribution is 0.0987. The molecule has 5 rings (SSSR count). The van der Waals surface area contributed by atoms with Gasteiger partial charge in [0.25, 0.3) is 0 Å². The Morgan fingerprint density at radius 2 is 1.76 bits per heavy atom. The molecule has 1 aliphatic rings. The predicted molar refractivity (Wildman–Crippen MR) is 178 cm³/mol. The molecule has 0 fully saturated rings. The maximum Gasteiger partial charge on any atom is 0.235 e. The third-order valence-corrected chi connectivity index (χ3v) is 8.94. The molecule has 2 aromatic heterocycles. The molecule has 4 aromatic rings. The number of ether oxygens (including phenoxy) is 2. The fourth-order valence-electron chi connectivity index (χ4n) is 5.78. The minimum Gasteiger partial charge on any atom is -0.496 e. The number of aromatic nitrogens is 3. The fourth-order valence-corrected chi connectivity index (χ4v) is 6.40. The maximum atomic E-state index is 13.6. The first-order chi connectivity index (χ1) is 21.9. The minimum atomic E-state index is -0.135. The summed E-state index contributed by atoms with van der Waals surface area (Å²) in [5, 5.41) is 10.0. The van der Waals surface area contributed by atoms with Gasteiger partial charge in [-0.05, 0) is 44.2 Å². The SMILES string of the molecule is CCCN1CCc2c(OC)cc(C(=O)Cc3cccc(-c4cccc(-c5cnc(CCCCO)c(OC)n5)c4Cl)c3Cl)nc2C1. The van der Waals surface area contributed by atoms with Crippen molar-refractivity contribution in [1.29, 1.82) is 0 Å². The lowest BCUT2D eigenvalue weighted by Crippen LogP contribution is -2.32. The van der Waals surface area contributed by atoms with Gasteiger partial charge >= 0.3 is 0 Å². The first-order valence-electron chi connectivity index (χ1n) is 15.3. The summed E-state index contributed by atoms with van der Waals surface area (Å²) in [5.41, 5.74) is 6.43. The van der Waals surface area contributed by atoms with E-state index in [1.807, 2.05) is 36.4 Å². The number of carbonyl (C=O) groups excluding carboxylic acids is 1. The van der Waals surface area contributed by atoms with Crippen LogP contribution in [0, 0.1) is 0 Å². The molecule has 0 spiro atoms. The van der Waals surface area contributed by atoms with Crippen LogP contribution in [0.4, 0.5) is 0 Å². The Bertz CT molecular complexity index is 1680. The molecule has 8 nitrogen and oxygen atoms in total. The average molecular weight is 650 g/mol. The number of pyridine rings is 1. The molecule has 1 N–H and O–H groups in total. The monoisotopic (exact) mass is 648 g/mol. The number of fused-ring (bicyclic) bond motifs is 1. The zero-order chi connectivity index (χ0) is 31.9. The summed E-state index contributed by atoms with van der Waals surface area (Å²) in [6.07, 6.45) is 5.78. The van der Waals surface area contributed by atoms with Crippen LogP contribution in [0.1, 0.15) is 59.2 Å². The average Bonchev–Trinajstić information content (AvgIpc) is 3.05. The molecule has 3 heterocycles. The second-order valence-corrected chi connectivity index (χ2v) is 11.9. The van der Waals surface area contributed by atoms with Crippen molar-refractivity contribution in [2.24, 2.45) is 0 Å². The molecule has 0 saturated carbocycles. The van der Waals surface area contributed by atoms with Gasteiger partial charge in [0.05, 0.1) is 41.8 Å². The number of benzene rings is 2. The van der Waals surface area contributed by atoms with Crippen LogP contribution in [0.15, 0.2) is 48.7 Å². The number of nitrogens with zero attached hydrogens (tertiary/aromatic N) is 4. The fraction of sp³-hybridized carbons (Fsp3) is 0.371. The summed E-state index contributed by atoms with van der Waals surface area (Å²) >= 11 is 14.0. The van der Waals surface area contributed by atoms with E-state index in [1.165, 1.54) is 0 Å². The van der Waals surface area contributed by atoms with Gasteiger partial charge in [-0.3, -0.25) is 14.7 Å². The molecule has 0 amide bonds. The van der Waals surface area contributed by atoms with Gasteiger partial charge in [0.1, 0.15) is 17.1 Å². The van der Waals surface area contributed by atoms with Crippen LogP contribution in [0.25, 0.3) is 22.4 Å². The van der Waals surface area contributed by atoms with Crippen molar-refractivity contribution < 1.29 is 19.4 Å². The number of hydrogen-bond acceptors (Lipinski definition) is 8. The van der Waals surface area contributed by atoms with Gasteiger partial charge in [-0.1, -0.05) is 66.5 Å². The lowest BCUT2D eigenvalue weighted by Gasteiger charge is -2.28. The first-order valence-corrected chi connectivity index (χ1v) is 16.0. The van der Waals surface area contributed by atoms with E-state index in [9.17, 15) is 4.79 Å². The van der Waals surface area contributed by atoms with Gasteiger partial charge in [0.15, 0.2) is 5.78 Å². The van der Waals surface area contributed by atoms with E-state index in [1.54, 1.807) is 26.5 Å². The molecule has 0 bridgehead atoms. The highest BCUT2D eigenvalue weighted by Gasteiger charge is 2.24. The topological polar surface area (TPSA) is 97.7 Å². The maximum absolute atomic E-state index is 13.6. The summed E-state index contributed by atoms with van der Waals surface area (Å²) in [6, 6.07) is 13.0. The van der Waals surface area contributed by atoms with E-state index >= 15 is 0 Å². The molecule has 45 heavy (non-hydrogen) atoms. The van der Waals surface area contributed by atoms with E-state index in [4.69, 9.17) is 42.8 Å². The smallest absolute Gasteiger partial charge is 0.235 e. The third kappa shape index (κ3) is 7.31. The normalized spacial score (nSPS) is 13.0. The largest absolute Gasteiger partial charge is 0.496 e. The Morgan fingerprint density at radius 3 is 2.49 bits per heavy atom. The third-order valence-electron chi connectivity index (χ3n) is 8.09. The van der Waals surface area contributed by atoms with Gasteiger partial charge in [-0.2, -0.15) is 0 Å². The predicted octanol–water partition coefficient (Wildman–Crippen LogP) is 7.04. The quantitative estimate of drug-likeness (QED) is 0.122. The number of aliphatic hydroxyl groups is 1. The number of methoxy groups -OCH3 is 2. The number of rotatable bonds is 13. The zero-order valence-electron chi connectivity index (χ0n) is 25.9. The first kappa shape index (κ1) is 32.8. The molecule has 2 aromatic carbocycles. The summed E-state index contributed by atoms with van der Waals surface area (Å²) in [5.74, 6) is 1.00. The highest BCUT2D eigenvalue weighted by Crippen LogP contribution is 2.40. The Labute approximate surface area is 274 Å². The van der Waals surface area contributed by atoms with Crippen molar-refractivity contribution in [3.05, 3.63) is 86.9 Å². The molecule has 236 valence electrons. The highest BCUT2D eigenvalue weighted by molar-refractivity contribution is 6.38. The number of ketones is 1. The Morgan fingerprint density at radius 1 is 1.00 bits per heavy atom. The van der Waals surface area contributed by atoms with Crippen molar-refractivity contribution in [2.45, 2.75) is 52.0 Å². The number of carbonyl (C=O) groups is 1. The van der Waals surface area contributed by atoms with Crippen molar-refractivity contribution in [1.82, 2.24) is 19.9 Å². The highest BCUT2D eigenvalue weighted by atomic mass is 35.5. The summed E-state index contributed by atoms with van der Waals surface area (Å²) in [7, 11) is 3.20. The Hall–Kier alpha value is -3.56. The number of halogens is 2. The van der Waals surface area contributed by atoms with Gasteiger partial charge in [-0.15, -0.1) is 0 Å². The van der Waals surface area contributed by atoms with Gasteiger partial charge in [0.2, 0.25) is 5.88 Å². The number of hydrogen-bond donors (Lipinski definition) is 1. The number of unbranched alkanes of at least 4 members (excludes halogenated alkanes) is 1. The van der Waals surface area contributed by atoms with E-state index in [0.29, 0.717) is 74.7 Å². The number of aryl methyl sites for hydroxylation is 1. The van der Waals surface area contributed by atoms with Crippen LogP contribution in [0.3, 0.4) is 0 Å². The molecule has 1 aliphatic heterocycles.